The largest absolute Gasteiger partial charge is 0.311 e. The molecule has 2 unspecified atom stereocenters. The van der Waals surface area contributed by atoms with Crippen molar-refractivity contribution in [3.8, 4) is 22.3 Å². The number of aryl methyl sites for hydroxylation is 3. The lowest BCUT2D eigenvalue weighted by molar-refractivity contribution is 0.892. The Hall–Kier alpha value is -8.59. The van der Waals surface area contributed by atoms with E-state index in [1.165, 1.54) is 184 Å². The van der Waals surface area contributed by atoms with Gasteiger partial charge in [0.05, 0.1) is 0 Å². The summed E-state index contributed by atoms with van der Waals surface area (Å²) < 4.78 is 0. The van der Waals surface area contributed by atoms with E-state index in [4.69, 9.17) is 0 Å². The Morgan fingerprint density at radius 2 is 1.10 bits per heavy atom. The molecule has 0 saturated carbocycles. The Labute approximate surface area is 458 Å². The third kappa shape index (κ3) is 5.65. The molecule has 4 aliphatic heterocycles. The van der Waals surface area contributed by atoms with Crippen LogP contribution in [0.3, 0.4) is 0 Å². The van der Waals surface area contributed by atoms with Crippen LogP contribution in [-0.4, -0.2) is 13.4 Å². The molecule has 2 atom stereocenters. The number of anilines is 6. The van der Waals surface area contributed by atoms with Crippen LogP contribution in [0.2, 0.25) is 0 Å². The van der Waals surface area contributed by atoms with E-state index in [-0.39, 0.29) is 13.4 Å². The molecular weight excluding hydrogens is 938 g/mol. The zero-order valence-electron chi connectivity index (χ0n) is 44.7. The molecule has 4 heterocycles. The zero-order chi connectivity index (χ0) is 51.6. The van der Waals surface area contributed by atoms with Gasteiger partial charge in [-0.1, -0.05) is 162 Å². The topological polar surface area (TPSA) is 6.48 Å². The summed E-state index contributed by atoms with van der Waals surface area (Å²) in [5.74, 6) is 0.644. The van der Waals surface area contributed by atoms with Crippen molar-refractivity contribution in [2.75, 3.05) is 9.80 Å². The second-order valence-corrected chi connectivity index (χ2v) is 24.1. The second-order valence-electron chi connectivity index (χ2n) is 24.1. The van der Waals surface area contributed by atoms with Gasteiger partial charge in [0.25, 0.3) is 0 Å². The van der Waals surface area contributed by atoms with E-state index in [0.717, 1.165) is 19.3 Å². The Kier molecular flexibility index (Phi) is 8.55. The van der Waals surface area contributed by atoms with Crippen molar-refractivity contribution in [2.24, 2.45) is 0 Å². The van der Waals surface area contributed by atoms with Gasteiger partial charge in [-0.25, -0.2) is 0 Å². The van der Waals surface area contributed by atoms with Crippen LogP contribution in [0.1, 0.15) is 84.2 Å². The molecule has 0 N–H and O–H groups in total. The number of fused-ring (bicyclic) bond motifs is 10. The molecule has 4 heteroatoms. The fraction of sp³-hybridized carbons (Fsp3) is 0.135. The first kappa shape index (κ1) is 43.5. The van der Waals surface area contributed by atoms with Crippen molar-refractivity contribution in [1.29, 1.82) is 0 Å². The molecule has 18 rings (SSSR count). The highest BCUT2D eigenvalue weighted by Crippen LogP contribution is 2.52. The molecule has 0 aromatic heterocycles. The van der Waals surface area contributed by atoms with E-state index >= 15 is 0 Å². The molecule has 0 radical (unpaired) electrons. The molecule has 0 saturated heterocycles. The molecule has 366 valence electrons. The Bertz CT molecular complexity index is 4500. The van der Waals surface area contributed by atoms with Crippen molar-refractivity contribution < 1.29 is 0 Å². The average Bonchev–Trinajstić information content (AvgIpc) is 4.09. The fourth-order valence-electron chi connectivity index (χ4n) is 16.4. The van der Waals surface area contributed by atoms with Crippen LogP contribution in [-0.2, 0) is 19.3 Å². The summed E-state index contributed by atoms with van der Waals surface area (Å²) in [5.41, 5.74) is 45.6. The van der Waals surface area contributed by atoms with E-state index in [1.54, 1.807) is 0 Å². The van der Waals surface area contributed by atoms with E-state index < -0.39 is 0 Å². The first-order chi connectivity index (χ1) is 38.2. The number of allylic oxidation sites excluding steroid dienone is 14. The maximum absolute atomic E-state index is 2.65. The predicted molar refractivity (Wildman–Crippen MR) is 330 cm³/mol. The summed E-state index contributed by atoms with van der Waals surface area (Å²) in [6.07, 6.45) is 30.9. The first-order valence-corrected chi connectivity index (χ1v) is 28.4. The zero-order valence-corrected chi connectivity index (χ0v) is 44.7. The summed E-state index contributed by atoms with van der Waals surface area (Å²) >= 11 is 0. The molecule has 0 fully saturated rings. The van der Waals surface area contributed by atoms with Crippen molar-refractivity contribution in [3.05, 3.63) is 271 Å². The number of hydrogen-bond donors (Lipinski definition) is 0. The van der Waals surface area contributed by atoms with E-state index in [1.807, 2.05) is 0 Å². The highest BCUT2D eigenvalue weighted by Gasteiger charge is 2.46. The molecule has 78 heavy (non-hydrogen) atoms. The molecule has 6 aliphatic carbocycles. The van der Waals surface area contributed by atoms with E-state index in [2.05, 4.69) is 233 Å². The molecule has 0 amide bonds. The maximum atomic E-state index is 2.65. The number of benzene rings is 8. The van der Waals surface area contributed by atoms with Gasteiger partial charge in [-0.2, -0.15) is 0 Å². The molecule has 0 bridgehead atoms. The van der Waals surface area contributed by atoms with Gasteiger partial charge in [0.15, 0.2) is 0 Å². The van der Waals surface area contributed by atoms with Crippen molar-refractivity contribution in [3.63, 3.8) is 0 Å². The van der Waals surface area contributed by atoms with Gasteiger partial charge < -0.3 is 9.80 Å². The number of nitrogens with zero attached hydrogens (tertiary/aromatic N) is 2. The van der Waals surface area contributed by atoms with Crippen molar-refractivity contribution in [2.45, 2.75) is 65.7 Å². The summed E-state index contributed by atoms with van der Waals surface area (Å²) in [4.78, 5) is 5.28. The van der Waals surface area contributed by atoms with Gasteiger partial charge >= 0.3 is 0 Å². The third-order valence-electron chi connectivity index (χ3n) is 20.0. The van der Waals surface area contributed by atoms with Crippen LogP contribution < -0.4 is 42.6 Å². The predicted octanol–water partition coefficient (Wildman–Crippen LogP) is 13.6. The lowest BCUT2D eigenvalue weighted by Crippen LogP contribution is -2.55. The van der Waals surface area contributed by atoms with Crippen LogP contribution in [0.15, 0.2) is 198 Å². The molecular formula is C74H54B2N2. The Morgan fingerprint density at radius 1 is 0.462 bits per heavy atom. The quantitative estimate of drug-likeness (QED) is 0.162. The first-order valence-electron chi connectivity index (χ1n) is 28.4. The Balaban J connectivity index is 0.830. The highest BCUT2D eigenvalue weighted by atomic mass is 15.2. The lowest BCUT2D eigenvalue weighted by Gasteiger charge is -2.39. The maximum Gasteiger partial charge on any atom is 0.248 e. The normalized spacial score (nSPS) is 18.5. The molecule has 2 nitrogen and oxygen atoms in total. The smallest absolute Gasteiger partial charge is 0.248 e. The number of hydrogen-bond acceptors (Lipinski definition) is 2. The van der Waals surface area contributed by atoms with Crippen LogP contribution in [0, 0.1) is 34.6 Å². The summed E-state index contributed by atoms with van der Waals surface area (Å²) in [6, 6.07) is 46.6. The van der Waals surface area contributed by atoms with Gasteiger partial charge in [0.2, 0.25) is 13.4 Å². The van der Waals surface area contributed by atoms with Gasteiger partial charge in [0.1, 0.15) is 0 Å². The number of rotatable bonds is 4. The van der Waals surface area contributed by atoms with Crippen LogP contribution in [0.4, 0.5) is 34.1 Å². The molecule has 8 aromatic rings. The van der Waals surface area contributed by atoms with Crippen molar-refractivity contribution in [1.82, 2.24) is 0 Å². The van der Waals surface area contributed by atoms with Crippen LogP contribution in [0.5, 0.6) is 0 Å². The Morgan fingerprint density at radius 3 is 1.83 bits per heavy atom. The molecule has 8 aromatic carbocycles. The summed E-state index contributed by atoms with van der Waals surface area (Å²) in [5, 5.41) is 0. The minimum atomic E-state index is 0.134. The highest BCUT2D eigenvalue weighted by molar-refractivity contribution is 7.02. The van der Waals surface area contributed by atoms with Gasteiger partial charge in [-0.3, -0.25) is 0 Å². The monoisotopic (exact) mass is 992 g/mol. The fourth-order valence-corrected chi connectivity index (χ4v) is 16.4. The SMILES string of the molecule is Cc1ccc2c(c1)B1c3cc(C)c(C)c(C)c3-c3c(Cc4ccc5c(c4)N(c4cc6c7c(c4)CC=C4C=CC=C(C=C6)C47)c4cccc6c4B5c4ccc(C)cc4-6)ccc(c31)N2c1cc2c3c(c1)CC=C1C=CC=C(C=C2)C13. The standard InChI is InChI=1S/C74H54B2N2/c1-40-15-27-59-58(31-40)57-13-8-14-64-73(57)75(59)60-28-17-45(35-66(60)78(64)56-38-53-24-20-48-11-7-12-49-21-25-54(39-56)71(53)69(48)49)34-50-26-30-65-74-72(50)67-44(5)43(4)42(3)33-62(67)76(74)61-32-41(2)16-29-63(61)77(65)55-36-51-22-18-46-9-6-10-47-19-23-52(37-55)70(51)68(46)47/h6-22,24,26-33,35-39,68-69H,23,25,34H2,1-5H3. The minimum absolute atomic E-state index is 0.134. The minimum Gasteiger partial charge on any atom is -0.311 e. The van der Waals surface area contributed by atoms with Gasteiger partial charge in [0, 0.05) is 46.0 Å². The molecule has 10 aliphatic rings. The third-order valence-corrected chi connectivity index (χ3v) is 20.0. The van der Waals surface area contributed by atoms with E-state index in [0.29, 0.717) is 11.8 Å². The molecule has 0 spiro atoms. The second kappa shape index (κ2) is 15.3. The van der Waals surface area contributed by atoms with Crippen LogP contribution in [0.25, 0.3) is 34.4 Å². The lowest BCUT2D eigenvalue weighted by atomic mass is 9.37. The summed E-state index contributed by atoms with van der Waals surface area (Å²) in [7, 11) is 0. The van der Waals surface area contributed by atoms with Crippen LogP contribution >= 0.6 is 0 Å². The van der Waals surface area contributed by atoms with Crippen molar-refractivity contribution >= 4 is 92.5 Å². The average molecular weight is 993 g/mol. The van der Waals surface area contributed by atoms with Gasteiger partial charge in [-0.15, -0.1) is 0 Å². The summed E-state index contributed by atoms with van der Waals surface area (Å²) in [6.45, 7) is 11.9. The van der Waals surface area contributed by atoms with E-state index in [9.17, 15) is 0 Å². The van der Waals surface area contributed by atoms with Gasteiger partial charge in [-0.05, 0) is 230 Å².